The van der Waals surface area contributed by atoms with Gasteiger partial charge in [-0.05, 0) is 74.0 Å². The number of nitrogens with one attached hydrogen (secondary N) is 2. The van der Waals surface area contributed by atoms with Crippen molar-refractivity contribution in [1.29, 1.82) is 0 Å². The highest BCUT2D eigenvalue weighted by Gasteiger charge is 2.66. The first-order valence-electron chi connectivity index (χ1n) is 13.9. The minimum absolute atomic E-state index is 0.120. The summed E-state index contributed by atoms with van der Waals surface area (Å²) in [4.78, 5) is 0. The summed E-state index contributed by atoms with van der Waals surface area (Å²) in [5.74, 6) is 0.431. The average Bonchev–Trinajstić information content (AvgIpc) is 3.27. The van der Waals surface area contributed by atoms with E-state index in [4.69, 9.17) is 0 Å². The maximum absolute atomic E-state index is 13.5. The lowest BCUT2D eigenvalue weighted by atomic mass is 9.70. The van der Waals surface area contributed by atoms with E-state index in [1.165, 1.54) is 0 Å². The van der Waals surface area contributed by atoms with Gasteiger partial charge in [-0.1, -0.05) is 40.5 Å². The fourth-order valence-electron chi connectivity index (χ4n) is 9.39. The van der Waals surface area contributed by atoms with Crippen molar-refractivity contribution in [3.63, 3.8) is 0 Å². The average molecular weight is 547 g/mol. The van der Waals surface area contributed by atoms with E-state index in [0.29, 0.717) is 50.4 Å². The topological polar surface area (TPSA) is 133 Å². The summed E-state index contributed by atoms with van der Waals surface area (Å²) in [7, 11) is -7.49. The van der Waals surface area contributed by atoms with Gasteiger partial charge in [-0.2, -0.15) is 0 Å². The van der Waals surface area contributed by atoms with Crippen LogP contribution in [0.15, 0.2) is 0 Å². The third kappa shape index (κ3) is 4.03. The van der Waals surface area contributed by atoms with E-state index >= 15 is 0 Å². The van der Waals surface area contributed by atoms with Crippen molar-refractivity contribution in [2.24, 2.45) is 33.5 Å². The van der Waals surface area contributed by atoms with Crippen molar-refractivity contribution < 1.29 is 27.0 Å². The second-order valence-corrected chi connectivity index (χ2v) is 17.5. The van der Waals surface area contributed by atoms with Crippen molar-refractivity contribution in [3.8, 4) is 0 Å². The van der Waals surface area contributed by atoms with E-state index in [1.807, 2.05) is 0 Å². The molecule has 5 fully saturated rings. The van der Waals surface area contributed by atoms with Crippen LogP contribution in [-0.4, -0.2) is 62.8 Å². The molecule has 2 unspecified atom stereocenters. The van der Waals surface area contributed by atoms with Crippen LogP contribution in [0.2, 0.25) is 0 Å². The number of aliphatic hydroxyl groups excluding tert-OH is 2. The lowest BCUT2D eigenvalue weighted by Crippen LogP contribution is -2.57. The zero-order valence-corrected chi connectivity index (χ0v) is 23.9. The van der Waals surface area contributed by atoms with Crippen LogP contribution >= 0.6 is 0 Å². The van der Waals surface area contributed by atoms with Crippen molar-refractivity contribution in [1.82, 2.24) is 9.44 Å². The molecular weight excluding hydrogens is 500 g/mol. The summed E-state index contributed by atoms with van der Waals surface area (Å²) in [5, 5.41) is 21.7. The molecule has 5 rings (SSSR count). The number of fused-ring (bicyclic) bond motifs is 4. The number of hydrogen-bond donors (Lipinski definition) is 4. The predicted molar refractivity (Wildman–Crippen MR) is 139 cm³/mol. The SMILES string of the molecule is CC1(C)[C@@H]2CC[C@]1(CS(=O)(=O)NC1CCCCC1NS(=O)(=O)C[C@]13CC[C@H](C[C@@H]1O)C3(C)C)[C@@H](O)C2. The molecule has 0 amide bonds. The molecule has 0 radical (unpaired) electrons. The van der Waals surface area contributed by atoms with Crippen LogP contribution < -0.4 is 9.44 Å². The van der Waals surface area contributed by atoms with Crippen LogP contribution in [0.25, 0.3) is 0 Å². The van der Waals surface area contributed by atoms with Crippen molar-refractivity contribution >= 4 is 20.0 Å². The van der Waals surface area contributed by atoms with Gasteiger partial charge in [0.1, 0.15) is 0 Å². The van der Waals surface area contributed by atoms with Crippen molar-refractivity contribution in [2.75, 3.05) is 11.5 Å². The normalized spacial score (nSPS) is 45.4. The molecule has 0 aromatic rings. The lowest BCUT2D eigenvalue weighted by molar-refractivity contribution is 0.0148. The monoisotopic (exact) mass is 546 g/mol. The number of sulfonamides is 2. The van der Waals surface area contributed by atoms with Gasteiger partial charge in [-0.25, -0.2) is 26.3 Å². The molecule has 0 aliphatic heterocycles. The molecule has 5 aliphatic carbocycles. The summed E-state index contributed by atoms with van der Waals surface area (Å²) in [6.07, 6.45) is 6.17. The highest BCUT2D eigenvalue weighted by molar-refractivity contribution is 7.89. The first-order chi connectivity index (χ1) is 16.6. The van der Waals surface area contributed by atoms with Gasteiger partial charge in [0.25, 0.3) is 0 Å². The second kappa shape index (κ2) is 8.62. The minimum Gasteiger partial charge on any atom is -0.392 e. The quantitative estimate of drug-likeness (QED) is 0.370. The van der Waals surface area contributed by atoms with Gasteiger partial charge in [0.2, 0.25) is 20.0 Å². The Balaban J connectivity index is 1.30. The molecule has 208 valence electrons. The Labute approximate surface area is 217 Å². The second-order valence-electron chi connectivity index (χ2n) is 14.0. The number of rotatable bonds is 8. The van der Waals surface area contributed by atoms with E-state index < -0.39 is 55.2 Å². The van der Waals surface area contributed by atoms with Gasteiger partial charge in [0, 0.05) is 22.9 Å². The van der Waals surface area contributed by atoms with Gasteiger partial charge in [0.05, 0.1) is 23.7 Å². The van der Waals surface area contributed by atoms with E-state index in [2.05, 4.69) is 37.1 Å². The highest BCUT2D eigenvalue weighted by atomic mass is 32.2. The molecule has 8 atom stereocenters. The van der Waals surface area contributed by atoms with Gasteiger partial charge in [-0.3, -0.25) is 0 Å². The zero-order valence-electron chi connectivity index (χ0n) is 22.3. The Morgan fingerprint density at radius 2 is 1.03 bits per heavy atom. The Hall–Kier alpha value is -0.260. The minimum atomic E-state index is -3.75. The standard InChI is InChI=1S/C26H46N2O6S2/c1-23(2)17-9-11-25(23,21(29)13-17)15-35(31,32)27-19-7-5-6-8-20(19)28-36(33,34)16-26-12-10-18(14-22(26)30)24(26,3)4/h17-22,27-30H,5-16H2,1-4H3/t17-,18-,19?,20?,21+,22+,25-,26+/m1/s1. The Bertz CT molecular complexity index is 1000. The lowest BCUT2D eigenvalue weighted by Gasteiger charge is -2.42. The summed E-state index contributed by atoms with van der Waals surface area (Å²) >= 11 is 0. The highest BCUT2D eigenvalue weighted by Crippen LogP contribution is 2.67. The van der Waals surface area contributed by atoms with Crippen LogP contribution in [0.5, 0.6) is 0 Å². The van der Waals surface area contributed by atoms with Crippen LogP contribution in [0.1, 0.15) is 91.9 Å². The number of hydrogen-bond acceptors (Lipinski definition) is 6. The van der Waals surface area contributed by atoms with E-state index in [1.54, 1.807) is 0 Å². The first kappa shape index (κ1) is 27.3. The van der Waals surface area contributed by atoms with Gasteiger partial charge >= 0.3 is 0 Å². The summed E-state index contributed by atoms with van der Waals surface area (Å²) in [6, 6.07) is -1.02. The van der Waals surface area contributed by atoms with Crippen LogP contribution in [-0.2, 0) is 20.0 Å². The smallest absolute Gasteiger partial charge is 0.212 e. The third-order valence-electron chi connectivity index (χ3n) is 12.1. The van der Waals surface area contributed by atoms with E-state index in [-0.39, 0.29) is 22.3 Å². The molecule has 4 N–H and O–H groups in total. The summed E-state index contributed by atoms with van der Waals surface area (Å²) in [6.45, 7) is 8.33. The third-order valence-corrected chi connectivity index (χ3v) is 15.2. The molecule has 10 heteroatoms. The van der Waals surface area contributed by atoms with Crippen molar-refractivity contribution in [2.45, 2.75) is 116 Å². The molecule has 0 aromatic carbocycles. The maximum Gasteiger partial charge on any atom is 0.212 e. The molecule has 0 saturated heterocycles. The summed E-state index contributed by atoms with van der Waals surface area (Å²) < 4.78 is 59.6. The Morgan fingerprint density at radius 3 is 1.31 bits per heavy atom. The Kier molecular flexibility index (Phi) is 6.54. The molecule has 8 nitrogen and oxygen atoms in total. The molecule has 4 bridgehead atoms. The fraction of sp³-hybridized carbons (Fsp3) is 1.00. The molecule has 36 heavy (non-hydrogen) atoms. The maximum atomic E-state index is 13.5. The molecule has 5 saturated carbocycles. The van der Waals surface area contributed by atoms with Gasteiger partial charge in [-0.15, -0.1) is 0 Å². The predicted octanol–water partition coefficient (Wildman–Crippen LogP) is 2.51. The van der Waals surface area contributed by atoms with Crippen LogP contribution in [0.3, 0.4) is 0 Å². The van der Waals surface area contributed by atoms with Crippen LogP contribution in [0.4, 0.5) is 0 Å². The zero-order chi connectivity index (χ0) is 26.4. The Morgan fingerprint density at radius 1 is 0.667 bits per heavy atom. The van der Waals surface area contributed by atoms with E-state index in [0.717, 1.165) is 25.7 Å². The van der Waals surface area contributed by atoms with Crippen LogP contribution in [0, 0.1) is 33.5 Å². The van der Waals surface area contributed by atoms with Gasteiger partial charge in [0.15, 0.2) is 0 Å². The molecule has 0 aromatic heterocycles. The first-order valence-corrected chi connectivity index (χ1v) is 17.2. The van der Waals surface area contributed by atoms with Crippen molar-refractivity contribution in [3.05, 3.63) is 0 Å². The summed E-state index contributed by atoms with van der Waals surface area (Å²) in [5.41, 5.74) is -1.81. The largest absolute Gasteiger partial charge is 0.392 e. The molecular formula is C26H46N2O6S2. The van der Waals surface area contributed by atoms with Gasteiger partial charge < -0.3 is 10.2 Å². The van der Waals surface area contributed by atoms with E-state index in [9.17, 15) is 27.0 Å². The fourth-order valence-corrected chi connectivity index (χ4v) is 13.8. The number of aliphatic hydroxyl groups is 2. The molecule has 0 heterocycles. The molecule has 0 spiro atoms. The molecule has 5 aliphatic rings.